The number of fused-ring (bicyclic) bond motifs is 1. The van der Waals surface area contributed by atoms with Gasteiger partial charge in [-0.2, -0.15) is 27.8 Å². The molecule has 0 radical (unpaired) electrons. The average molecular weight is 1000 g/mol. The molecule has 0 saturated carbocycles. The molecule has 8 rings (SSSR count). The van der Waals surface area contributed by atoms with Crippen LogP contribution in [0.3, 0.4) is 0 Å². The number of halogens is 4. The molecule has 3 atom stereocenters. The molecule has 18 nitrogen and oxygen atoms in total. The van der Waals surface area contributed by atoms with Gasteiger partial charge in [-0.1, -0.05) is 13.0 Å². The molecule has 8 heterocycles. The number of pyridine rings is 3. The van der Waals surface area contributed by atoms with Gasteiger partial charge in [-0.15, -0.1) is 0 Å². The second kappa shape index (κ2) is 24.1. The number of alkyl halides is 4. The number of carbonyl (C=O) groups is 1. The first kappa shape index (κ1) is 51.6. The van der Waals surface area contributed by atoms with Crippen molar-refractivity contribution in [2.75, 3.05) is 73.2 Å². The number of cyclic esters (lactones) is 1. The number of nitrogens with one attached hydrogen (secondary N) is 2. The van der Waals surface area contributed by atoms with Crippen molar-refractivity contribution >= 4 is 35.1 Å². The van der Waals surface area contributed by atoms with E-state index in [2.05, 4.69) is 52.5 Å². The summed E-state index contributed by atoms with van der Waals surface area (Å²) in [5.41, 5.74) is 4.21. The molecule has 72 heavy (non-hydrogen) atoms. The minimum absolute atomic E-state index is 0.0936. The molecule has 2 fully saturated rings. The average Bonchev–Trinajstić information content (AvgIpc) is 3.99. The number of aryl methyl sites for hydroxylation is 3. The molecule has 3 unspecified atom stereocenters. The predicted octanol–water partition coefficient (Wildman–Crippen LogP) is 7.95. The number of amides is 1. The van der Waals surface area contributed by atoms with Gasteiger partial charge in [0.05, 0.1) is 38.3 Å². The lowest BCUT2D eigenvalue weighted by atomic mass is 9.99. The van der Waals surface area contributed by atoms with Gasteiger partial charge in [0.1, 0.15) is 48.6 Å². The zero-order valence-corrected chi connectivity index (χ0v) is 40.6. The fourth-order valence-corrected chi connectivity index (χ4v) is 8.75. The van der Waals surface area contributed by atoms with Crippen molar-refractivity contribution in [1.29, 1.82) is 0 Å². The second-order valence-corrected chi connectivity index (χ2v) is 17.7. The van der Waals surface area contributed by atoms with Gasteiger partial charge in [0.15, 0.2) is 5.65 Å². The summed E-state index contributed by atoms with van der Waals surface area (Å²) in [6, 6.07) is 11.1. The van der Waals surface area contributed by atoms with E-state index in [9.17, 15) is 27.5 Å². The number of ether oxygens (including phenoxy) is 4. The fourth-order valence-electron chi connectivity index (χ4n) is 8.75. The van der Waals surface area contributed by atoms with E-state index in [1.807, 2.05) is 28.9 Å². The van der Waals surface area contributed by atoms with Crippen LogP contribution in [0.2, 0.25) is 0 Å². The molecule has 2 saturated heterocycles. The van der Waals surface area contributed by atoms with Gasteiger partial charge in [0, 0.05) is 79.9 Å². The first-order valence-electron chi connectivity index (χ1n) is 24.3. The smallest absolute Gasteiger partial charge is 0.433 e. The van der Waals surface area contributed by atoms with E-state index in [1.54, 1.807) is 25.3 Å². The number of anilines is 4. The first-order valence-corrected chi connectivity index (χ1v) is 24.3. The van der Waals surface area contributed by atoms with Gasteiger partial charge in [0.2, 0.25) is 11.8 Å². The van der Waals surface area contributed by atoms with Crippen LogP contribution in [0, 0.1) is 6.92 Å². The highest BCUT2D eigenvalue weighted by Gasteiger charge is 2.39. The van der Waals surface area contributed by atoms with Crippen LogP contribution in [0.5, 0.6) is 5.88 Å². The SMILES string of the molecule is CCc1cnn2c(NCc3ccc(OCCOCCOCCCc4cc(-c5cnc(CNc6nccc(N7C(=O)OCC7C(C)F)n6)cc5C)cc(C(F)(F)F)n4)nc3)cc(N3CCCCC3CCO)nc12. The van der Waals surface area contributed by atoms with Gasteiger partial charge in [-0.05, 0) is 99.7 Å². The number of rotatable bonds is 24. The van der Waals surface area contributed by atoms with Crippen LogP contribution < -0.4 is 25.2 Å². The highest BCUT2D eigenvalue weighted by Crippen LogP contribution is 2.34. The maximum absolute atomic E-state index is 14.1. The lowest BCUT2D eigenvalue weighted by Gasteiger charge is -2.36. The molecule has 2 aliphatic rings. The summed E-state index contributed by atoms with van der Waals surface area (Å²) in [6.45, 7) is 8.30. The van der Waals surface area contributed by atoms with Crippen molar-refractivity contribution in [2.24, 2.45) is 0 Å². The summed E-state index contributed by atoms with van der Waals surface area (Å²) in [7, 11) is 0. The van der Waals surface area contributed by atoms with E-state index < -0.39 is 30.2 Å². The summed E-state index contributed by atoms with van der Waals surface area (Å²) in [5.74, 6) is 2.52. The Morgan fingerprint density at radius 3 is 2.50 bits per heavy atom. The Hall–Kier alpha value is -6.78. The lowest BCUT2D eigenvalue weighted by Crippen LogP contribution is -2.40. The zero-order valence-electron chi connectivity index (χ0n) is 40.6. The van der Waals surface area contributed by atoms with Gasteiger partial charge >= 0.3 is 12.3 Å². The molecular weight excluding hydrogens is 941 g/mol. The van der Waals surface area contributed by atoms with Crippen LogP contribution >= 0.6 is 0 Å². The van der Waals surface area contributed by atoms with E-state index >= 15 is 0 Å². The topological polar surface area (TPSA) is 199 Å². The Bertz CT molecular complexity index is 2750. The number of aliphatic hydroxyl groups excluding tert-OH is 1. The molecule has 1 amide bonds. The van der Waals surface area contributed by atoms with E-state index in [0.29, 0.717) is 74.1 Å². The Kier molecular flexibility index (Phi) is 17.3. The molecule has 0 spiro atoms. The molecule has 0 aliphatic carbocycles. The van der Waals surface area contributed by atoms with Crippen molar-refractivity contribution in [3.05, 3.63) is 101 Å². The monoisotopic (exact) mass is 1000 g/mol. The van der Waals surface area contributed by atoms with Crippen molar-refractivity contribution < 1.29 is 46.4 Å². The number of carbonyl (C=O) groups excluding carboxylic acids is 1. The van der Waals surface area contributed by atoms with Crippen LogP contribution in [-0.2, 0) is 46.3 Å². The third-order valence-electron chi connectivity index (χ3n) is 12.5. The summed E-state index contributed by atoms with van der Waals surface area (Å²) in [6.07, 6.45) is 5.33. The number of hydrogen-bond acceptors (Lipinski definition) is 16. The van der Waals surface area contributed by atoms with E-state index in [-0.39, 0.29) is 56.3 Å². The van der Waals surface area contributed by atoms with Crippen LogP contribution in [-0.4, -0.2) is 122 Å². The predicted molar refractivity (Wildman–Crippen MR) is 261 cm³/mol. The molecular formula is C50H60F4N12O6. The lowest BCUT2D eigenvalue weighted by molar-refractivity contribution is -0.141. The maximum atomic E-state index is 14.1. The third-order valence-corrected chi connectivity index (χ3v) is 12.5. The minimum Gasteiger partial charge on any atom is -0.475 e. The zero-order chi connectivity index (χ0) is 50.6. The van der Waals surface area contributed by atoms with Gasteiger partial charge < -0.3 is 39.6 Å². The molecule has 22 heteroatoms. The maximum Gasteiger partial charge on any atom is 0.433 e. The summed E-state index contributed by atoms with van der Waals surface area (Å²) >= 11 is 0. The van der Waals surface area contributed by atoms with E-state index in [4.69, 9.17) is 23.9 Å². The Balaban J connectivity index is 0.753. The number of piperidine rings is 1. The van der Waals surface area contributed by atoms with Crippen molar-refractivity contribution in [3.63, 3.8) is 0 Å². The summed E-state index contributed by atoms with van der Waals surface area (Å²) in [4.78, 5) is 42.1. The molecule has 6 aromatic rings. The Morgan fingerprint density at radius 2 is 1.74 bits per heavy atom. The van der Waals surface area contributed by atoms with Crippen molar-refractivity contribution in [3.8, 4) is 17.0 Å². The van der Waals surface area contributed by atoms with E-state index in [0.717, 1.165) is 71.6 Å². The van der Waals surface area contributed by atoms with Gasteiger partial charge in [-0.25, -0.2) is 29.1 Å². The number of nitrogens with zero attached hydrogens (tertiary/aromatic N) is 10. The molecule has 2 aliphatic heterocycles. The quantitative estimate of drug-likeness (QED) is 0.0389. The molecule has 6 aromatic heterocycles. The highest BCUT2D eigenvalue weighted by molar-refractivity contribution is 5.89. The van der Waals surface area contributed by atoms with Crippen LogP contribution in [0.15, 0.2) is 67.3 Å². The van der Waals surface area contributed by atoms with Crippen LogP contribution in [0.4, 0.5) is 45.8 Å². The molecule has 0 bridgehead atoms. The first-order chi connectivity index (χ1) is 34.9. The van der Waals surface area contributed by atoms with Crippen LogP contribution in [0.1, 0.15) is 79.7 Å². The fraction of sp³-hybridized carbons (Fsp3) is 0.480. The number of aromatic nitrogens is 8. The van der Waals surface area contributed by atoms with Gasteiger partial charge in [0.25, 0.3) is 0 Å². The summed E-state index contributed by atoms with van der Waals surface area (Å²) in [5, 5.41) is 20.9. The Morgan fingerprint density at radius 1 is 0.903 bits per heavy atom. The standard InChI is InChI=1S/C50H60F4N12O6/c1-4-35-28-60-66-44(25-45(62-47(35)66)64-15-6-5-9-39(64)13-16-67)57-26-34-10-11-46(58-27-34)71-21-20-70-19-18-69-17-7-8-37-23-36(24-42(61-37)50(52,53)54)40-30-56-38(22-32(40)2)29-59-48-55-14-12-43(63-48)65-41(33(3)51)31-72-49(65)68/h10-12,14,22-25,27-28,30,33,39,41,57,67H,4-9,13,15-21,26,29,31H2,1-3H3,(H,55,59,63). The summed E-state index contributed by atoms with van der Waals surface area (Å²) < 4.78 is 80.2. The highest BCUT2D eigenvalue weighted by atomic mass is 19.4. The molecule has 3 N–H and O–H groups in total. The normalized spacial score (nSPS) is 16.6. The molecule has 384 valence electrons. The minimum atomic E-state index is -4.66. The van der Waals surface area contributed by atoms with Crippen molar-refractivity contribution in [2.45, 2.75) is 103 Å². The number of aliphatic hydroxyl groups is 1. The van der Waals surface area contributed by atoms with E-state index in [1.165, 1.54) is 25.4 Å². The molecule has 0 aromatic carbocycles. The third kappa shape index (κ3) is 13.0. The van der Waals surface area contributed by atoms with Crippen molar-refractivity contribution in [1.82, 2.24) is 39.5 Å². The largest absolute Gasteiger partial charge is 0.475 e. The van der Waals surface area contributed by atoms with Gasteiger partial charge in [-0.3, -0.25) is 9.88 Å². The Labute approximate surface area is 414 Å². The second-order valence-electron chi connectivity index (χ2n) is 17.7. The number of hydrogen-bond donors (Lipinski definition) is 3. The van der Waals surface area contributed by atoms with Crippen LogP contribution in [0.25, 0.3) is 16.8 Å².